The Labute approximate surface area is 167 Å². The van der Waals surface area contributed by atoms with Gasteiger partial charge in [0.25, 0.3) is 0 Å². The highest BCUT2D eigenvalue weighted by atomic mass is 16.5. The summed E-state index contributed by atoms with van der Waals surface area (Å²) < 4.78 is 7.93. The Hall–Kier alpha value is -2.17. The number of aromatic nitrogens is 2. The van der Waals surface area contributed by atoms with Crippen LogP contribution < -0.4 is 0 Å². The van der Waals surface area contributed by atoms with E-state index in [-0.39, 0.29) is 0 Å². The van der Waals surface area contributed by atoms with E-state index >= 15 is 0 Å². The standard InChI is InChI=1S/C24H29N3O/c1-3-7-19(8-4-1)21-11-12-23-25-24(20-9-5-2-6-10-20)22(27(23)17-21)18-26-13-15-28-16-14-26/h1,3-4,7-8,11-12,17,20H,2,5-6,9-10,13-16,18H2. The molecule has 5 rings (SSSR count). The predicted octanol–water partition coefficient (Wildman–Crippen LogP) is 4.88. The van der Waals surface area contributed by atoms with E-state index in [2.05, 4.69) is 58.0 Å². The van der Waals surface area contributed by atoms with Crippen LogP contribution in [-0.2, 0) is 11.3 Å². The van der Waals surface area contributed by atoms with Crippen LogP contribution in [0.5, 0.6) is 0 Å². The average molecular weight is 376 g/mol. The molecule has 0 unspecified atom stereocenters. The van der Waals surface area contributed by atoms with Gasteiger partial charge in [0.2, 0.25) is 0 Å². The van der Waals surface area contributed by atoms with E-state index in [1.54, 1.807) is 0 Å². The molecule has 1 aliphatic heterocycles. The number of rotatable bonds is 4. The van der Waals surface area contributed by atoms with Crippen molar-refractivity contribution >= 4 is 5.65 Å². The maximum absolute atomic E-state index is 5.57. The molecule has 0 spiro atoms. The first-order chi connectivity index (χ1) is 13.9. The Morgan fingerprint density at radius 1 is 0.893 bits per heavy atom. The summed E-state index contributed by atoms with van der Waals surface area (Å²) in [5.74, 6) is 0.616. The Kier molecular flexibility index (Phi) is 5.15. The third-order valence-corrected chi connectivity index (χ3v) is 6.32. The molecule has 0 amide bonds. The lowest BCUT2D eigenvalue weighted by Crippen LogP contribution is -2.36. The first-order valence-corrected chi connectivity index (χ1v) is 10.7. The Morgan fingerprint density at radius 3 is 2.46 bits per heavy atom. The third-order valence-electron chi connectivity index (χ3n) is 6.32. The van der Waals surface area contributed by atoms with Gasteiger partial charge in [-0.1, -0.05) is 49.6 Å². The van der Waals surface area contributed by atoms with E-state index in [0.29, 0.717) is 5.92 Å². The SMILES string of the molecule is c1ccc(-c2ccc3nc(C4CCCCC4)c(CN4CCOCC4)n3c2)cc1. The molecule has 0 radical (unpaired) electrons. The van der Waals surface area contributed by atoms with Crippen molar-refractivity contribution in [2.24, 2.45) is 0 Å². The molecule has 1 saturated carbocycles. The second-order valence-corrected chi connectivity index (χ2v) is 8.18. The van der Waals surface area contributed by atoms with Crippen molar-refractivity contribution in [3.05, 3.63) is 60.0 Å². The van der Waals surface area contributed by atoms with Gasteiger partial charge in [-0.15, -0.1) is 0 Å². The first-order valence-electron chi connectivity index (χ1n) is 10.7. The van der Waals surface area contributed by atoms with E-state index in [0.717, 1.165) is 38.5 Å². The largest absolute Gasteiger partial charge is 0.379 e. The number of nitrogens with zero attached hydrogens (tertiary/aromatic N) is 3. The van der Waals surface area contributed by atoms with Crippen LogP contribution in [0.4, 0.5) is 0 Å². The molecule has 146 valence electrons. The van der Waals surface area contributed by atoms with Crippen LogP contribution in [0.2, 0.25) is 0 Å². The number of morpholine rings is 1. The molecule has 1 aliphatic carbocycles. The van der Waals surface area contributed by atoms with Gasteiger partial charge in [0.05, 0.1) is 24.6 Å². The van der Waals surface area contributed by atoms with Crippen LogP contribution in [0.1, 0.15) is 49.4 Å². The minimum absolute atomic E-state index is 0.616. The van der Waals surface area contributed by atoms with Crippen LogP contribution in [0.15, 0.2) is 48.7 Å². The average Bonchev–Trinajstić information content (AvgIpc) is 3.13. The lowest BCUT2D eigenvalue weighted by Gasteiger charge is -2.28. The van der Waals surface area contributed by atoms with Crippen LogP contribution in [0.25, 0.3) is 16.8 Å². The normalized spacial score (nSPS) is 19.3. The summed E-state index contributed by atoms with van der Waals surface area (Å²) in [6.07, 6.45) is 8.91. The third kappa shape index (κ3) is 3.59. The first kappa shape index (κ1) is 17.9. The molecule has 3 heterocycles. The molecular formula is C24H29N3O. The summed E-state index contributed by atoms with van der Waals surface area (Å²) in [7, 11) is 0. The number of fused-ring (bicyclic) bond motifs is 1. The molecule has 1 saturated heterocycles. The molecule has 3 aromatic rings. The minimum Gasteiger partial charge on any atom is -0.379 e. The summed E-state index contributed by atoms with van der Waals surface area (Å²) >= 11 is 0. The summed E-state index contributed by atoms with van der Waals surface area (Å²) in [4.78, 5) is 7.66. The quantitative estimate of drug-likeness (QED) is 0.651. The van der Waals surface area contributed by atoms with Crippen molar-refractivity contribution in [1.82, 2.24) is 14.3 Å². The molecule has 1 aromatic carbocycles. The van der Waals surface area contributed by atoms with Crippen molar-refractivity contribution in [3.8, 4) is 11.1 Å². The van der Waals surface area contributed by atoms with Crippen molar-refractivity contribution in [2.75, 3.05) is 26.3 Å². The van der Waals surface area contributed by atoms with Crippen LogP contribution >= 0.6 is 0 Å². The van der Waals surface area contributed by atoms with Crippen molar-refractivity contribution in [2.45, 2.75) is 44.6 Å². The van der Waals surface area contributed by atoms with Gasteiger partial charge in [0.1, 0.15) is 5.65 Å². The lowest BCUT2D eigenvalue weighted by atomic mass is 9.86. The summed E-state index contributed by atoms with van der Waals surface area (Å²) in [6.45, 7) is 4.66. The van der Waals surface area contributed by atoms with Gasteiger partial charge in [-0.05, 0) is 36.1 Å². The molecule has 4 heteroatoms. The molecule has 28 heavy (non-hydrogen) atoms. The maximum Gasteiger partial charge on any atom is 0.137 e. The summed E-state index contributed by atoms with van der Waals surface area (Å²) in [6, 6.07) is 15.1. The number of hydrogen-bond acceptors (Lipinski definition) is 3. The molecule has 4 nitrogen and oxygen atoms in total. The van der Waals surface area contributed by atoms with Crippen molar-refractivity contribution in [1.29, 1.82) is 0 Å². The van der Waals surface area contributed by atoms with Gasteiger partial charge in [-0.25, -0.2) is 4.98 Å². The molecule has 2 fully saturated rings. The fourth-order valence-electron chi connectivity index (χ4n) is 4.74. The number of benzene rings is 1. The zero-order chi connectivity index (χ0) is 18.8. The van der Waals surface area contributed by atoms with Gasteiger partial charge < -0.3 is 9.14 Å². The van der Waals surface area contributed by atoms with Crippen molar-refractivity contribution in [3.63, 3.8) is 0 Å². The Bertz CT molecular complexity index is 922. The molecular weight excluding hydrogens is 346 g/mol. The van der Waals surface area contributed by atoms with E-state index in [4.69, 9.17) is 9.72 Å². The molecule has 2 aliphatic rings. The molecule has 0 atom stereocenters. The highest BCUT2D eigenvalue weighted by Gasteiger charge is 2.25. The van der Waals surface area contributed by atoms with E-state index in [9.17, 15) is 0 Å². The predicted molar refractivity (Wildman–Crippen MR) is 113 cm³/mol. The molecule has 0 bridgehead atoms. The lowest BCUT2D eigenvalue weighted by molar-refractivity contribution is 0.0333. The Balaban J connectivity index is 1.57. The summed E-state index contributed by atoms with van der Waals surface area (Å²) in [5, 5.41) is 0. The van der Waals surface area contributed by atoms with Gasteiger partial charge in [0, 0.05) is 31.7 Å². The number of hydrogen-bond donors (Lipinski definition) is 0. The van der Waals surface area contributed by atoms with Gasteiger partial charge in [-0.2, -0.15) is 0 Å². The molecule has 0 N–H and O–H groups in total. The second-order valence-electron chi connectivity index (χ2n) is 8.18. The summed E-state index contributed by atoms with van der Waals surface area (Å²) in [5.41, 5.74) is 6.33. The smallest absolute Gasteiger partial charge is 0.137 e. The molecule has 2 aromatic heterocycles. The van der Waals surface area contributed by atoms with E-state index in [1.165, 1.54) is 54.6 Å². The van der Waals surface area contributed by atoms with Crippen molar-refractivity contribution < 1.29 is 4.74 Å². The number of pyridine rings is 1. The van der Waals surface area contributed by atoms with Gasteiger partial charge in [0.15, 0.2) is 0 Å². The zero-order valence-electron chi connectivity index (χ0n) is 16.5. The van der Waals surface area contributed by atoms with Crippen LogP contribution in [0, 0.1) is 0 Å². The van der Waals surface area contributed by atoms with Crippen LogP contribution in [0.3, 0.4) is 0 Å². The Morgan fingerprint density at radius 2 is 1.68 bits per heavy atom. The number of ether oxygens (including phenoxy) is 1. The number of imidazole rings is 1. The van der Waals surface area contributed by atoms with Gasteiger partial charge >= 0.3 is 0 Å². The fraction of sp³-hybridized carbons (Fsp3) is 0.458. The van der Waals surface area contributed by atoms with E-state index in [1.807, 2.05) is 0 Å². The second kappa shape index (κ2) is 8.06. The van der Waals surface area contributed by atoms with E-state index < -0.39 is 0 Å². The van der Waals surface area contributed by atoms with Crippen LogP contribution in [-0.4, -0.2) is 40.6 Å². The maximum atomic E-state index is 5.57. The highest BCUT2D eigenvalue weighted by Crippen LogP contribution is 2.35. The topological polar surface area (TPSA) is 29.8 Å². The highest BCUT2D eigenvalue weighted by molar-refractivity contribution is 5.65. The minimum atomic E-state index is 0.616. The van der Waals surface area contributed by atoms with Gasteiger partial charge in [-0.3, -0.25) is 4.90 Å². The monoisotopic (exact) mass is 375 g/mol. The fourth-order valence-corrected chi connectivity index (χ4v) is 4.74. The zero-order valence-corrected chi connectivity index (χ0v) is 16.5.